The van der Waals surface area contributed by atoms with Gasteiger partial charge in [-0.2, -0.15) is 0 Å². The number of hydrogen-bond donors (Lipinski definition) is 1. The van der Waals surface area contributed by atoms with Gasteiger partial charge in [-0.15, -0.1) is 11.3 Å². The van der Waals surface area contributed by atoms with Crippen molar-refractivity contribution < 1.29 is 14.6 Å². The Labute approximate surface area is 96.9 Å². The normalized spacial score (nSPS) is 15.1. The molecule has 2 heterocycles. The van der Waals surface area contributed by atoms with Gasteiger partial charge in [0.25, 0.3) is 0 Å². The monoisotopic (exact) mass is 234 g/mol. The van der Waals surface area contributed by atoms with E-state index in [-0.39, 0.29) is 6.79 Å². The van der Waals surface area contributed by atoms with Crippen molar-refractivity contribution in [3.05, 3.63) is 46.2 Å². The minimum Gasteiger partial charge on any atom is -0.454 e. The summed E-state index contributed by atoms with van der Waals surface area (Å²) in [4.78, 5) is 0.930. The Morgan fingerprint density at radius 1 is 1.19 bits per heavy atom. The molecule has 0 radical (unpaired) electrons. The van der Waals surface area contributed by atoms with E-state index in [9.17, 15) is 5.11 Å². The molecule has 82 valence electrons. The van der Waals surface area contributed by atoms with Crippen LogP contribution in [0.2, 0.25) is 0 Å². The first-order valence-electron chi connectivity index (χ1n) is 4.95. The van der Waals surface area contributed by atoms with Crippen molar-refractivity contribution in [3.8, 4) is 11.5 Å². The second-order valence-electron chi connectivity index (χ2n) is 3.53. The molecule has 1 aliphatic rings. The van der Waals surface area contributed by atoms with E-state index < -0.39 is 6.10 Å². The SMILES string of the molecule is O[C@@H](c1ccc2c(c1)OCO2)c1cccs1. The quantitative estimate of drug-likeness (QED) is 0.868. The van der Waals surface area contributed by atoms with E-state index in [4.69, 9.17) is 9.47 Å². The van der Waals surface area contributed by atoms with E-state index in [2.05, 4.69) is 0 Å². The van der Waals surface area contributed by atoms with Crippen LogP contribution in [0.25, 0.3) is 0 Å². The lowest BCUT2D eigenvalue weighted by Crippen LogP contribution is -1.96. The Morgan fingerprint density at radius 3 is 2.88 bits per heavy atom. The van der Waals surface area contributed by atoms with E-state index in [0.29, 0.717) is 5.75 Å². The molecule has 1 N–H and O–H groups in total. The molecule has 4 heteroatoms. The topological polar surface area (TPSA) is 38.7 Å². The van der Waals surface area contributed by atoms with Crippen molar-refractivity contribution in [2.24, 2.45) is 0 Å². The Morgan fingerprint density at radius 2 is 2.06 bits per heavy atom. The Balaban J connectivity index is 1.95. The minimum absolute atomic E-state index is 0.258. The molecule has 0 saturated heterocycles. The molecule has 0 saturated carbocycles. The number of aliphatic hydroxyl groups excluding tert-OH is 1. The first kappa shape index (κ1) is 9.69. The van der Waals surface area contributed by atoms with Crippen LogP contribution in [0.3, 0.4) is 0 Å². The second-order valence-corrected chi connectivity index (χ2v) is 4.51. The van der Waals surface area contributed by atoms with Crippen LogP contribution in [-0.2, 0) is 0 Å². The number of fused-ring (bicyclic) bond motifs is 1. The summed E-state index contributed by atoms with van der Waals surface area (Å²) in [5.41, 5.74) is 0.826. The summed E-state index contributed by atoms with van der Waals surface area (Å²) in [6.07, 6.45) is -0.588. The molecule has 16 heavy (non-hydrogen) atoms. The van der Waals surface area contributed by atoms with Crippen LogP contribution >= 0.6 is 11.3 Å². The van der Waals surface area contributed by atoms with E-state index in [1.807, 2.05) is 35.7 Å². The van der Waals surface area contributed by atoms with E-state index in [0.717, 1.165) is 16.2 Å². The molecule has 0 spiro atoms. The molecule has 0 fully saturated rings. The van der Waals surface area contributed by atoms with Crippen LogP contribution in [-0.4, -0.2) is 11.9 Å². The second kappa shape index (κ2) is 3.81. The standard InChI is InChI=1S/C12H10O3S/c13-12(11-2-1-5-16-11)8-3-4-9-10(6-8)15-7-14-9/h1-6,12-13H,7H2/t12-/m0/s1. The van der Waals surface area contributed by atoms with Crippen LogP contribution in [0.4, 0.5) is 0 Å². The van der Waals surface area contributed by atoms with Crippen molar-refractivity contribution in [1.29, 1.82) is 0 Å². The van der Waals surface area contributed by atoms with Crippen LogP contribution < -0.4 is 9.47 Å². The van der Waals surface area contributed by atoms with Gasteiger partial charge in [0.05, 0.1) is 0 Å². The predicted molar refractivity (Wildman–Crippen MR) is 60.9 cm³/mol. The zero-order valence-corrected chi connectivity index (χ0v) is 9.24. The summed E-state index contributed by atoms with van der Waals surface area (Å²) in [7, 11) is 0. The number of thiophene rings is 1. The third-order valence-corrected chi connectivity index (χ3v) is 3.45. The van der Waals surface area contributed by atoms with Gasteiger partial charge in [-0.25, -0.2) is 0 Å². The molecule has 0 aliphatic carbocycles. The van der Waals surface area contributed by atoms with Crippen LogP contribution in [0.5, 0.6) is 11.5 Å². The van der Waals surface area contributed by atoms with Crippen molar-refractivity contribution in [2.45, 2.75) is 6.10 Å². The van der Waals surface area contributed by atoms with Gasteiger partial charge in [0.2, 0.25) is 6.79 Å². The van der Waals surface area contributed by atoms with Crippen LogP contribution in [0.15, 0.2) is 35.7 Å². The fourth-order valence-electron chi connectivity index (χ4n) is 1.69. The Kier molecular flexibility index (Phi) is 2.31. The molecular weight excluding hydrogens is 224 g/mol. The van der Waals surface area contributed by atoms with Crippen molar-refractivity contribution in [1.82, 2.24) is 0 Å². The van der Waals surface area contributed by atoms with E-state index >= 15 is 0 Å². The molecule has 1 aromatic carbocycles. The minimum atomic E-state index is -0.588. The van der Waals surface area contributed by atoms with Gasteiger partial charge in [0.15, 0.2) is 11.5 Å². The molecule has 0 bridgehead atoms. The van der Waals surface area contributed by atoms with Crippen LogP contribution in [0, 0.1) is 0 Å². The summed E-state index contributed by atoms with van der Waals surface area (Å²) < 4.78 is 10.5. The highest BCUT2D eigenvalue weighted by atomic mass is 32.1. The van der Waals surface area contributed by atoms with Crippen molar-refractivity contribution >= 4 is 11.3 Å². The molecular formula is C12H10O3S. The third-order valence-electron chi connectivity index (χ3n) is 2.53. The number of hydrogen-bond acceptors (Lipinski definition) is 4. The van der Waals surface area contributed by atoms with Crippen molar-refractivity contribution in [3.63, 3.8) is 0 Å². The average Bonchev–Trinajstić information content (AvgIpc) is 2.98. The fourth-order valence-corrected chi connectivity index (χ4v) is 2.43. The molecule has 0 amide bonds. The summed E-state index contributed by atoms with van der Waals surface area (Å²) in [5.74, 6) is 1.44. The number of ether oxygens (including phenoxy) is 2. The molecule has 0 unspecified atom stereocenters. The largest absolute Gasteiger partial charge is 0.454 e. The Hall–Kier alpha value is -1.52. The number of rotatable bonds is 2. The molecule has 1 aromatic heterocycles. The highest BCUT2D eigenvalue weighted by Gasteiger charge is 2.17. The number of benzene rings is 1. The molecule has 2 aromatic rings. The Bertz CT molecular complexity index is 493. The van der Waals surface area contributed by atoms with E-state index in [1.54, 1.807) is 0 Å². The highest BCUT2D eigenvalue weighted by Crippen LogP contribution is 2.36. The van der Waals surface area contributed by atoms with Gasteiger partial charge in [0.1, 0.15) is 6.10 Å². The summed E-state index contributed by atoms with van der Waals surface area (Å²) >= 11 is 1.54. The zero-order chi connectivity index (χ0) is 11.0. The fraction of sp³-hybridized carbons (Fsp3) is 0.167. The van der Waals surface area contributed by atoms with E-state index in [1.165, 1.54) is 11.3 Å². The first-order valence-corrected chi connectivity index (χ1v) is 5.83. The molecule has 1 aliphatic heterocycles. The van der Waals surface area contributed by atoms with Crippen LogP contribution in [0.1, 0.15) is 16.5 Å². The van der Waals surface area contributed by atoms with Gasteiger partial charge in [-0.05, 0) is 29.1 Å². The summed E-state index contributed by atoms with van der Waals surface area (Å²) in [5, 5.41) is 12.1. The zero-order valence-electron chi connectivity index (χ0n) is 8.42. The lowest BCUT2D eigenvalue weighted by molar-refractivity contribution is 0.173. The maximum atomic E-state index is 10.1. The van der Waals surface area contributed by atoms with Gasteiger partial charge >= 0.3 is 0 Å². The summed E-state index contributed by atoms with van der Waals surface area (Å²) in [6, 6.07) is 9.36. The van der Waals surface area contributed by atoms with Gasteiger partial charge in [-0.3, -0.25) is 0 Å². The molecule has 3 nitrogen and oxygen atoms in total. The lowest BCUT2D eigenvalue weighted by Gasteiger charge is -2.09. The molecule has 1 atom stereocenters. The van der Waals surface area contributed by atoms with Gasteiger partial charge < -0.3 is 14.6 Å². The highest BCUT2D eigenvalue weighted by molar-refractivity contribution is 7.10. The van der Waals surface area contributed by atoms with Crippen molar-refractivity contribution in [2.75, 3.05) is 6.79 Å². The van der Waals surface area contributed by atoms with Gasteiger partial charge in [-0.1, -0.05) is 12.1 Å². The lowest BCUT2D eigenvalue weighted by atomic mass is 10.1. The average molecular weight is 234 g/mol. The third kappa shape index (κ3) is 1.56. The summed E-state index contributed by atoms with van der Waals surface area (Å²) in [6.45, 7) is 0.258. The predicted octanol–water partition coefficient (Wildman–Crippen LogP) is 2.56. The maximum absolute atomic E-state index is 10.1. The molecule has 3 rings (SSSR count). The maximum Gasteiger partial charge on any atom is 0.231 e. The number of aliphatic hydroxyl groups is 1. The smallest absolute Gasteiger partial charge is 0.231 e. The first-order chi connectivity index (χ1) is 7.84. The van der Waals surface area contributed by atoms with Gasteiger partial charge in [0, 0.05) is 4.88 Å².